The molecule has 2 rings (SSSR count). The molecule has 1 aliphatic heterocycles. The van der Waals surface area contributed by atoms with Gasteiger partial charge in [0.2, 0.25) is 0 Å². The minimum absolute atomic E-state index is 0.706. The number of nitrogens with zero attached hydrogens (tertiary/aromatic N) is 1. The molecule has 0 radical (unpaired) electrons. The molecule has 1 heterocycles. The maximum absolute atomic E-state index is 3.47. The second kappa shape index (κ2) is 3.75. The second-order valence-electron chi connectivity index (χ2n) is 4.39. The Kier molecular flexibility index (Phi) is 2.66. The van der Waals surface area contributed by atoms with E-state index >= 15 is 0 Å². The summed E-state index contributed by atoms with van der Waals surface area (Å²) in [7, 11) is 0. The van der Waals surface area contributed by atoms with Crippen molar-refractivity contribution >= 4 is 0 Å². The summed E-state index contributed by atoms with van der Waals surface area (Å²) in [5.41, 5.74) is 0. The summed E-state index contributed by atoms with van der Waals surface area (Å²) in [6.07, 6.45) is 4.45. The third-order valence-corrected chi connectivity index (χ3v) is 3.00. The van der Waals surface area contributed by atoms with Crippen molar-refractivity contribution in [1.29, 1.82) is 0 Å². The standard InChI is InChI=1S/C10H20N2/c1-9-8-12(7-5-11-9)6-4-10-2-3-10/h9-11H,2-8H2,1H3/t9-/m0/s1. The van der Waals surface area contributed by atoms with Crippen LogP contribution in [0.5, 0.6) is 0 Å². The van der Waals surface area contributed by atoms with Crippen LogP contribution in [0.4, 0.5) is 0 Å². The normalized spacial score (nSPS) is 32.2. The van der Waals surface area contributed by atoms with Crippen LogP contribution in [0, 0.1) is 5.92 Å². The fourth-order valence-electron chi connectivity index (χ4n) is 1.99. The van der Waals surface area contributed by atoms with Gasteiger partial charge in [0.05, 0.1) is 0 Å². The zero-order valence-electron chi connectivity index (χ0n) is 8.05. The van der Waals surface area contributed by atoms with Gasteiger partial charge in [0.25, 0.3) is 0 Å². The van der Waals surface area contributed by atoms with E-state index in [1.807, 2.05) is 0 Å². The Morgan fingerprint density at radius 2 is 2.25 bits per heavy atom. The van der Waals surface area contributed by atoms with E-state index in [1.165, 1.54) is 45.4 Å². The van der Waals surface area contributed by atoms with Crippen LogP contribution in [0.2, 0.25) is 0 Å². The highest BCUT2D eigenvalue weighted by Gasteiger charge is 2.23. The molecule has 2 fully saturated rings. The molecule has 1 saturated carbocycles. The van der Waals surface area contributed by atoms with Crippen LogP contribution in [0.25, 0.3) is 0 Å². The van der Waals surface area contributed by atoms with Gasteiger partial charge < -0.3 is 10.2 Å². The molecule has 1 aliphatic carbocycles. The Hall–Kier alpha value is -0.0800. The molecule has 0 aromatic heterocycles. The van der Waals surface area contributed by atoms with Gasteiger partial charge >= 0.3 is 0 Å². The van der Waals surface area contributed by atoms with E-state index in [1.54, 1.807) is 0 Å². The topological polar surface area (TPSA) is 15.3 Å². The molecule has 0 bridgehead atoms. The third kappa shape index (κ3) is 2.46. The Morgan fingerprint density at radius 1 is 1.42 bits per heavy atom. The van der Waals surface area contributed by atoms with Crippen LogP contribution < -0.4 is 5.32 Å². The Morgan fingerprint density at radius 3 is 2.92 bits per heavy atom. The summed E-state index contributed by atoms with van der Waals surface area (Å²) >= 11 is 0. The molecule has 1 atom stereocenters. The third-order valence-electron chi connectivity index (χ3n) is 3.00. The van der Waals surface area contributed by atoms with E-state index in [0.29, 0.717) is 6.04 Å². The molecule has 2 nitrogen and oxygen atoms in total. The van der Waals surface area contributed by atoms with Crippen LogP contribution in [0.15, 0.2) is 0 Å². The minimum Gasteiger partial charge on any atom is -0.312 e. The lowest BCUT2D eigenvalue weighted by Gasteiger charge is -2.31. The van der Waals surface area contributed by atoms with Crippen molar-refractivity contribution in [3.05, 3.63) is 0 Å². The number of hydrogen-bond donors (Lipinski definition) is 1. The maximum atomic E-state index is 3.47. The smallest absolute Gasteiger partial charge is 0.0167 e. The van der Waals surface area contributed by atoms with Gasteiger partial charge in [-0.25, -0.2) is 0 Å². The summed E-state index contributed by atoms with van der Waals surface area (Å²) < 4.78 is 0. The first-order valence-electron chi connectivity index (χ1n) is 5.30. The first kappa shape index (κ1) is 8.52. The van der Waals surface area contributed by atoms with Crippen molar-refractivity contribution in [1.82, 2.24) is 10.2 Å². The van der Waals surface area contributed by atoms with E-state index < -0.39 is 0 Å². The van der Waals surface area contributed by atoms with Crippen molar-refractivity contribution in [2.24, 2.45) is 5.92 Å². The monoisotopic (exact) mass is 168 g/mol. The lowest BCUT2D eigenvalue weighted by atomic mass is 10.2. The predicted molar refractivity (Wildman–Crippen MR) is 51.2 cm³/mol. The van der Waals surface area contributed by atoms with E-state index in [-0.39, 0.29) is 0 Å². The zero-order valence-corrected chi connectivity index (χ0v) is 8.05. The lowest BCUT2D eigenvalue weighted by molar-refractivity contribution is 0.202. The summed E-state index contributed by atoms with van der Waals surface area (Å²) in [6, 6.07) is 0.706. The van der Waals surface area contributed by atoms with Crippen LogP contribution >= 0.6 is 0 Å². The summed E-state index contributed by atoms with van der Waals surface area (Å²) in [4.78, 5) is 2.61. The van der Waals surface area contributed by atoms with E-state index in [0.717, 1.165) is 5.92 Å². The molecule has 0 aromatic carbocycles. The molecule has 1 saturated heterocycles. The molecule has 0 amide bonds. The van der Waals surface area contributed by atoms with Gasteiger partial charge in [-0.15, -0.1) is 0 Å². The van der Waals surface area contributed by atoms with Gasteiger partial charge in [0, 0.05) is 25.7 Å². The number of nitrogens with one attached hydrogen (secondary N) is 1. The van der Waals surface area contributed by atoms with Gasteiger partial charge in [0.1, 0.15) is 0 Å². The Balaban J connectivity index is 1.64. The quantitative estimate of drug-likeness (QED) is 0.678. The first-order chi connectivity index (χ1) is 5.84. The molecule has 1 N–H and O–H groups in total. The molecule has 70 valence electrons. The molecule has 2 heteroatoms. The van der Waals surface area contributed by atoms with E-state index in [9.17, 15) is 0 Å². The van der Waals surface area contributed by atoms with Gasteiger partial charge in [-0.3, -0.25) is 0 Å². The van der Waals surface area contributed by atoms with Crippen LogP contribution in [-0.2, 0) is 0 Å². The van der Waals surface area contributed by atoms with Gasteiger partial charge in [-0.1, -0.05) is 12.8 Å². The molecule has 0 unspecified atom stereocenters. The number of rotatable bonds is 3. The predicted octanol–water partition coefficient (Wildman–Crippen LogP) is 1.08. The van der Waals surface area contributed by atoms with Crippen molar-refractivity contribution in [2.75, 3.05) is 26.2 Å². The van der Waals surface area contributed by atoms with Crippen LogP contribution in [0.1, 0.15) is 26.2 Å². The van der Waals surface area contributed by atoms with Gasteiger partial charge in [-0.2, -0.15) is 0 Å². The fraction of sp³-hybridized carbons (Fsp3) is 1.00. The van der Waals surface area contributed by atoms with Crippen molar-refractivity contribution in [3.8, 4) is 0 Å². The first-order valence-corrected chi connectivity index (χ1v) is 5.30. The van der Waals surface area contributed by atoms with Crippen molar-refractivity contribution in [2.45, 2.75) is 32.2 Å². The average molecular weight is 168 g/mol. The fourth-order valence-corrected chi connectivity index (χ4v) is 1.99. The second-order valence-corrected chi connectivity index (χ2v) is 4.39. The zero-order chi connectivity index (χ0) is 8.39. The Bertz CT molecular complexity index is 143. The van der Waals surface area contributed by atoms with Gasteiger partial charge in [-0.05, 0) is 25.8 Å². The molecule has 0 spiro atoms. The van der Waals surface area contributed by atoms with Crippen LogP contribution in [-0.4, -0.2) is 37.1 Å². The molecule has 12 heavy (non-hydrogen) atoms. The maximum Gasteiger partial charge on any atom is 0.0167 e. The molecular weight excluding hydrogens is 148 g/mol. The van der Waals surface area contributed by atoms with E-state index in [4.69, 9.17) is 0 Å². The molecule has 0 aromatic rings. The highest BCUT2D eigenvalue weighted by molar-refractivity contribution is 4.78. The SMILES string of the molecule is C[C@H]1CN(CCC2CC2)CCN1. The van der Waals surface area contributed by atoms with E-state index in [2.05, 4.69) is 17.1 Å². The largest absolute Gasteiger partial charge is 0.312 e. The van der Waals surface area contributed by atoms with Crippen molar-refractivity contribution in [3.63, 3.8) is 0 Å². The summed E-state index contributed by atoms with van der Waals surface area (Å²) in [5, 5.41) is 3.47. The highest BCUT2D eigenvalue weighted by atomic mass is 15.2. The molecule has 2 aliphatic rings. The average Bonchev–Trinajstić information content (AvgIpc) is 2.84. The lowest BCUT2D eigenvalue weighted by Crippen LogP contribution is -2.49. The highest BCUT2D eigenvalue weighted by Crippen LogP contribution is 2.32. The number of piperazine rings is 1. The summed E-state index contributed by atoms with van der Waals surface area (Å²) in [5.74, 6) is 1.09. The van der Waals surface area contributed by atoms with Crippen molar-refractivity contribution < 1.29 is 0 Å². The van der Waals surface area contributed by atoms with Crippen LogP contribution in [0.3, 0.4) is 0 Å². The number of hydrogen-bond acceptors (Lipinski definition) is 2. The molecular formula is C10H20N2. The minimum atomic E-state index is 0.706. The summed E-state index contributed by atoms with van der Waals surface area (Å²) in [6.45, 7) is 7.33. The van der Waals surface area contributed by atoms with Gasteiger partial charge in [0.15, 0.2) is 0 Å². The Labute approximate surface area is 75.3 Å².